The molecule has 6 nitrogen and oxygen atoms in total. The van der Waals surface area contributed by atoms with E-state index in [0.717, 1.165) is 25.8 Å². The van der Waals surface area contributed by atoms with E-state index in [0.29, 0.717) is 23.7 Å². The molecule has 0 aliphatic carbocycles. The summed E-state index contributed by atoms with van der Waals surface area (Å²) in [6.45, 7) is 2.77. The van der Waals surface area contributed by atoms with Crippen molar-refractivity contribution in [3.63, 3.8) is 0 Å². The van der Waals surface area contributed by atoms with Gasteiger partial charge in [0.1, 0.15) is 0 Å². The molecule has 24 heavy (non-hydrogen) atoms. The van der Waals surface area contributed by atoms with E-state index in [-0.39, 0.29) is 23.2 Å². The van der Waals surface area contributed by atoms with Gasteiger partial charge in [-0.05, 0) is 50.4 Å². The van der Waals surface area contributed by atoms with Crippen LogP contribution in [0.15, 0.2) is 23.1 Å². The maximum absolute atomic E-state index is 12.3. The topological polar surface area (TPSA) is 78.5 Å². The fourth-order valence-corrected chi connectivity index (χ4v) is 3.83. The number of anilines is 1. The Morgan fingerprint density at radius 1 is 1.38 bits per heavy atom. The van der Waals surface area contributed by atoms with Crippen molar-refractivity contribution in [2.45, 2.75) is 43.5 Å². The van der Waals surface area contributed by atoms with Crippen LogP contribution in [0.25, 0.3) is 0 Å². The van der Waals surface area contributed by atoms with Gasteiger partial charge in [0.15, 0.2) is 0 Å². The van der Waals surface area contributed by atoms with E-state index < -0.39 is 10.0 Å². The lowest BCUT2D eigenvalue weighted by Gasteiger charge is -2.15. The van der Waals surface area contributed by atoms with Crippen molar-refractivity contribution in [2.24, 2.45) is 0 Å². The molecular formula is C16H26ClN3O3S. The normalized spacial score (nSPS) is 17.6. The second-order valence-corrected chi connectivity index (χ2v) is 8.27. The van der Waals surface area contributed by atoms with Crippen LogP contribution in [0.1, 0.15) is 31.2 Å². The van der Waals surface area contributed by atoms with Crippen molar-refractivity contribution in [2.75, 3.05) is 26.0 Å². The summed E-state index contributed by atoms with van der Waals surface area (Å²) in [5.41, 5.74) is 1.17. The van der Waals surface area contributed by atoms with E-state index in [1.165, 1.54) is 24.5 Å². The second kappa shape index (κ2) is 8.80. The molecule has 0 saturated carbocycles. The molecule has 0 aromatic heterocycles. The van der Waals surface area contributed by atoms with Crippen LogP contribution in [-0.2, 0) is 14.8 Å². The highest BCUT2D eigenvalue weighted by Gasteiger charge is 2.20. The van der Waals surface area contributed by atoms with E-state index >= 15 is 0 Å². The molecule has 2 N–H and O–H groups in total. The number of sulfonamides is 1. The molecule has 0 radical (unpaired) electrons. The van der Waals surface area contributed by atoms with Gasteiger partial charge >= 0.3 is 0 Å². The van der Waals surface area contributed by atoms with Crippen molar-refractivity contribution >= 4 is 34.0 Å². The van der Waals surface area contributed by atoms with E-state index in [1.807, 2.05) is 0 Å². The zero-order valence-electron chi connectivity index (χ0n) is 14.3. The van der Waals surface area contributed by atoms with Crippen LogP contribution in [0.3, 0.4) is 0 Å². The average Bonchev–Trinajstić information content (AvgIpc) is 3.00. The number of amides is 1. The number of aryl methyl sites for hydroxylation is 1. The summed E-state index contributed by atoms with van der Waals surface area (Å²) >= 11 is 0. The number of halogens is 1. The van der Waals surface area contributed by atoms with Crippen LogP contribution in [0.2, 0.25) is 0 Å². The van der Waals surface area contributed by atoms with Crippen LogP contribution in [0.5, 0.6) is 0 Å². The maximum Gasteiger partial charge on any atom is 0.242 e. The Bertz CT molecular complexity index is 671. The molecule has 1 aliphatic rings. The van der Waals surface area contributed by atoms with Gasteiger partial charge in [-0.15, -0.1) is 12.4 Å². The van der Waals surface area contributed by atoms with E-state index in [2.05, 4.69) is 10.6 Å². The van der Waals surface area contributed by atoms with Gasteiger partial charge in [-0.2, -0.15) is 0 Å². The van der Waals surface area contributed by atoms with Crippen molar-refractivity contribution in [3.05, 3.63) is 23.8 Å². The van der Waals surface area contributed by atoms with Gasteiger partial charge in [-0.25, -0.2) is 12.7 Å². The lowest BCUT2D eigenvalue weighted by atomic mass is 10.1. The highest BCUT2D eigenvalue weighted by molar-refractivity contribution is 7.89. The molecular weight excluding hydrogens is 350 g/mol. The van der Waals surface area contributed by atoms with Gasteiger partial charge in [0.25, 0.3) is 0 Å². The highest BCUT2D eigenvalue weighted by atomic mass is 35.5. The fourth-order valence-electron chi connectivity index (χ4n) is 2.68. The number of hydrogen-bond donors (Lipinski definition) is 2. The standard InChI is InChI=1S/C16H25N3O3S.ClH/c1-12-6-7-14(11-15(12)23(21,22)19(2)3)18-16(20)9-8-13-5-4-10-17-13;/h6-7,11,13,17H,4-5,8-10H2,1-3H3,(H,18,20);1H. The van der Waals surface area contributed by atoms with E-state index in [4.69, 9.17) is 0 Å². The Labute approximate surface area is 150 Å². The Morgan fingerprint density at radius 3 is 2.67 bits per heavy atom. The van der Waals surface area contributed by atoms with Crippen molar-refractivity contribution in [1.82, 2.24) is 9.62 Å². The molecule has 8 heteroatoms. The number of rotatable bonds is 6. The van der Waals surface area contributed by atoms with Crippen LogP contribution in [0, 0.1) is 6.92 Å². The second-order valence-electron chi connectivity index (χ2n) is 6.15. The minimum atomic E-state index is -3.52. The van der Waals surface area contributed by atoms with Gasteiger partial charge in [-0.1, -0.05) is 6.07 Å². The molecule has 2 rings (SSSR count). The molecule has 1 saturated heterocycles. The third-order valence-corrected chi connectivity index (χ3v) is 6.07. The van der Waals surface area contributed by atoms with E-state index in [9.17, 15) is 13.2 Å². The predicted octanol–water partition coefficient (Wildman–Crippen LogP) is 2.14. The number of carbonyl (C=O) groups excluding carboxylic acids is 1. The molecule has 1 aromatic carbocycles. The van der Waals surface area contributed by atoms with Gasteiger partial charge in [0, 0.05) is 32.2 Å². The monoisotopic (exact) mass is 375 g/mol. The molecule has 136 valence electrons. The van der Waals surface area contributed by atoms with Crippen molar-refractivity contribution in [3.8, 4) is 0 Å². The Hall–Kier alpha value is -1.15. The summed E-state index contributed by atoms with van der Waals surface area (Å²) in [5, 5.41) is 6.15. The first-order valence-electron chi connectivity index (χ1n) is 7.87. The molecule has 1 fully saturated rings. The number of hydrogen-bond acceptors (Lipinski definition) is 4. The average molecular weight is 376 g/mol. The van der Waals surface area contributed by atoms with Crippen LogP contribution < -0.4 is 10.6 Å². The molecule has 1 amide bonds. The number of benzene rings is 1. The van der Waals surface area contributed by atoms with Gasteiger partial charge in [-0.3, -0.25) is 4.79 Å². The third kappa shape index (κ3) is 5.17. The smallest absolute Gasteiger partial charge is 0.242 e. The summed E-state index contributed by atoms with van der Waals surface area (Å²) in [5.74, 6) is -0.0873. The molecule has 1 unspecified atom stereocenters. The first-order chi connectivity index (χ1) is 10.8. The van der Waals surface area contributed by atoms with Crippen LogP contribution >= 0.6 is 12.4 Å². The molecule has 1 atom stereocenters. The number of carbonyl (C=O) groups is 1. The predicted molar refractivity (Wildman–Crippen MR) is 98.2 cm³/mol. The summed E-state index contributed by atoms with van der Waals surface area (Å²) in [6, 6.07) is 5.39. The summed E-state index contributed by atoms with van der Waals surface area (Å²) in [6.07, 6.45) is 3.51. The van der Waals surface area contributed by atoms with Gasteiger partial charge in [0.05, 0.1) is 4.90 Å². The Balaban J connectivity index is 0.00000288. The van der Waals surface area contributed by atoms with Crippen LogP contribution in [-0.4, -0.2) is 45.3 Å². The van der Waals surface area contributed by atoms with Crippen molar-refractivity contribution in [1.29, 1.82) is 0 Å². The molecule has 0 bridgehead atoms. The largest absolute Gasteiger partial charge is 0.326 e. The first-order valence-corrected chi connectivity index (χ1v) is 9.31. The number of nitrogens with zero attached hydrogens (tertiary/aromatic N) is 1. The van der Waals surface area contributed by atoms with Gasteiger partial charge in [0.2, 0.25) is 15.9 Å². The Kier molecular flexibility index (Phi) is 7.66. The SMILES string of the molecule is Cc1ccc(NC(=O)CCC2CCCN2)cc1S(=O)(=O)N(C)C.Cl. The molecule has 1 aliphatic heterocycles. The summed E-state index contributed by atoms with van der Waals surface area (Å²) in [7, 11) is -0.530. The maximum atomic E-state index is 12.3. The minimum absolute atomic E-state index is 0. The highest BCUT2D eigenvalue weighted by Crippen LogP contribution is 2.22. The lowest BCUT2D eigenvalue weighted by molar-refractivity contribution is -0.116. The van der Waals surface area contributed by atoms with E-state index in [1.54, 1.807) is 19.1 Å². The van der Waals surface area contributed by atoms with Crippen molar-refractivity contribution < 1.29 is 13.2 Å². The minimum Gasteiger partial charge on any atom is -0.326 e. The quantitative estimate of drug-likeness (QED) is 0.798. The zero-order chi connectivity index (χ0) is 17.0. The fraction of sp³-hybridized carbons (Fsp3) is 0.562. The van der Waals surface area contributed by atoms with Crippen LogP contribution in [0.4, 0.5) is 5.69 Å². The molecule has 1 heterocycles. The lowest BCUT2D eigenvalue weighted by Crippen LogP contribution is -2.24. The molecule has 1 aromatic rings. The third-order valence-electron chi connectivity index (χ3n) is 4.11. The number of nitrogens with one attached hydrogen (secondary N) is 2. The zero-order valence-corrected chi connectivity index (χ0v) is 16.0. The summed E-state index contributed by atoms with van der Waals surface area (Å²) in [4.78, 5) is 12.3. The summed E-state index contributed by atoms with van der Waals surface area (Å²) < 4.78 is 25.8. The molecule has 0 spiro atoms. The van der Waals surface area contributed by atoms with Gasteiger partial charge < -0.3 is 10.6 Å². The Morgan fingerprint density at radius 2 is 2.08 bits per heavy atom. The first kappa shape index (κ1) is 20.9.